The zero-order valence-corrected chi connectivity index (χ0v) is 16.9. The Hall–Kier alpha value is -3.54. The number of fused-ring (bicyclic) bond motifs is 1. The summed E-state index contributed by atoms with van der Waals surface area (Å²) in [5.41, 5.74) is 4.37. The van der Waals surface area contributed by atoms with Crippen molar-refractivity contribution >= 4 is 16.9 Å². The molecule has 0 aliphatic carbocycles. The van der Waals surface area contributed by atoms with Gasteiger partial charge in [-0.3, -0.25) is 4.79 Å². The van der Waals surface area contributed by atoms with E-state index in [0.717, 1.165) is 33.6 Å². The number of aromatic nitrogens is 2. The van der Waals surface area contributed by atoms with Gasteiger partial charge in [-0.1, -0.05) is 18.2 Å². The van der Waals surface area contributed by atoms with Crippen LogP contribution < -0.4 is 10.1 Å². The SMILES string of the molecule is COc1ccc2oc(C(=O)NC(C)c3cnn(-c4ccccc4)c3C)c(C)c2c1. The zero-order chi connectivity index (χ0) is 20.5. The smallest absolute Gasteiger partial charge is 0.287 e. The summed E-state index contributed by atoms with van der Waals surface area (Å²) >= 11 is 0. The van der Waals surface area contributed by atoms with Crippen LogP contribution in [0.15, 0.2) is 59.1 Å². The number of hydrogen-bond donors (Lipinski definition) is 1. The topological polar surface area (TPSA) is 69.3 Å². The lowest BCUT2D eigenvalue weighted by Crippen LogP contribution is -2.27. The molecule has 6 nitrogen and oxygen atoms in total. The minimum Gasteiger partial charge on any atom is -0.497 e. The molecule has 1 unspecified atom stereocenters. The highest BCUT2D eigenvalue weighted by Gasteiger charge is 2.22. The molecule has 0 saturated carbocycles. The number of nitrogens with zero attached hydrogens (tertiary/aromatic N) is 2. The summed E-state index contributed by atoms with van der Waals surface area (Å²) in [5, 5.41) is 8.39. The minimum atomic E-state index is -0.253. The molecule has 2 aromatic heterocycles. The molecular weight excluding hydrogens is 366 g/mol. The summed E-state index contributed by atoms with van der Waals surface area (Å²) in [6.07, 6.45) is 1.80. The molecule has 1 atom stereocenters. The van der Waals surface area contributed by atoms with Gasteiger partial charge in [0.25, 0.3) is 5.91 Å². The molecule has 1 amide bonds. The fourth-order valence-electron chi connectivity index (χ4n) is 3.56. The largest absolute Gasteiger partial charge is 0.497 e. The van der Waals surface area contributed by atoms with Gasteiger partial charge in [-0.05, 0) is 51.1 Å². The van der Waals surface area contributed by atoms with Crippen molar-refractivity contribution in [2.24, 2.45) is 0 Å². The Morgan fingerprint density at radius 1 is 1.17 bits per heavy atom. The van der Waals surface area contributed by atoms with E-state index in [2.05, 4.69) is 10.4 Å². The maximum Gasteiger partial charge on any atom is 0.287 e. The molecule has 4 aromatic rings. The van der Waals surface area contributed by atoms with E-state index in [1.54, 1.807) is 13.3 Å². The van der Waals surface area contributed by atoms with Gasteiger partial charge in [0.1, 0.15) is 11.3 Å². The van der Waals surface area contributed by atoms with Gasteiger partial charge in [-0.15, -0.1) is 0 Å². The van der Waals surface area contributed by atoms with E-state index in [1.807, 2.05) is 74.0 Å². The minimum absolute atomic E-state index is 0.220. The number of para-hydroxylation sites is 1. The molecule has 0 aliphatic rings. The van der Waals surface area contributed by atoms with Crippen LogP contribution in [0.1, 0.15) is 40.3 Å². The quantitative estimate of drug-likeness (QED) is 0.535. The van der Waals surface area contributed by atoms with Crippen LogP contribution in [0.3, 0.4) is 0 Å². The highest BCUT2D eigenvalue weighted by Crippen LogP contribution is 2.29. The summed E-state index contributed by atoms with van der Waals surface area (Å²) in [6.45, 7) is 5.82. The number of carbonyl (C=O) groups is 1. The van der Waals surface area contributed by atoms with Crippen LogP contribution in [0, 0.1) is 13.8 Å². The van der Waals surface area contributed by atoms with Crippen molar-refractivity contribution < 1.29 is 13.9 Å². The van der Waals surface area contributed by atoms with Crippen molar-refractivity contribution in [1.82, 2.24) is 15.1 Å². The maximum atomic E-state index is 12.9. The van der Waals surface area contributed by atoms with Crippen LogP contribution >= 0.6 is 0 Å². The van der Waals surface area contributed by atoms with E-state index in [9.17, 15) is 4.79 Å². The standard InChI is InChI=1S/C23H23N3O3/c1-14-19-12-18(28-4)10-11-21(19)29-22(14)23(27)25-15(2)20-13-24-26(16(20)3)17-8-6-5-7-9-17/h5-13,15H,1-4H3,(H,25,27). The fourth-order valence-corrected chi connectivity index (χ4v) is 3.56. The number of furan rings is 1. The van der Waals surface area contributed by atoms with Crippen LogP contribution in [-0.4, -0.2) is 22.8 Å². The first-order valence-corrected chi connectivity index (χ1v) is 9.47. The number of carbonyl (C=O) groups excluding carboxylic acids is 1. The summed E-state index contributed by atoms with van der Waals surface area (Å²) in [7, 11) is 1.61. The van der Waals surface area contributed by atoms with Crippen molar-refractivity contribution in [2.45, 2.75) is 26.8 Å². The number of benzene rings is 2. The lowest BCUT2D eigenvalue weighted by molar-refractivity contribution is 0.0913. The molecule has 6 heteroatoms. The number of hydrogen-bond acceptors (Lipinski definition) is 4. The summed E-state index contributed by atoms with van der Waals surface area (Å²) in [4.78, 5) is 12.9. The Labute approximate surface area is 169 Å². The molecule has 2 aromatic carbocycles. The molecule has 0 spiro atoms. The highest BCUT2D eigenvalue weighted by molar-refractivity contribution is 5.99. The molecular formula is C23H23N3O3. The second kappa shape index (κ2) is 7.47. The van der Waals surface area contributed by atoms with Gasteiger partial charge in [-0.2, -0.15) is 5.10 Å². The predicted molar refractivity (Wildman–Crippen MR) is 112 cm³/mol. The van der Waals surface area contributed by atoms with E-state index in [4.69, 9.17) is 9.15 Å². The van der Waals surface area contributed by atoms with Gasteiger partial charge in [-0.25, -0.2) is 4.68 Å². The van der Waals surface area contributed by atoms with Gasteiger partial charge in [0, 0.05) is 22.2 Å². The van der Waals surface area contributed by atoms with E-state index in [1.165, 1.54) is 0 Å². The van der Waals surface area contributed by atoms with Crippen molar-refractivity contribution in [3.8, 4) is 11.4 Å². The number of methoxy groups -OCH3 is 1. The Morgan fingerprint density at radius 2 is 1.93 bits per heavy atom. The number of rotatable bonds is 5. The maximum absolute atomic E-state index is 12.9. The highest BCUT2D eigenvalue weighted by atomic mass is 16.5. The van der Waals surface area contributed by atoms with Crippen LogP contribution in [0.25, 0.3) is 16.7 Å². The molecule has 4 rings (SSSR count). The average Bonchev–Trinajstić information content (AvgIpc) is 3.28. The normalized spacial score (nSPS) is 12.1. The number of nitrogens with one attached hydrogen (secondary N) is 1. The Bertz CT molecular complexity index is 1180. The Morgan fingerprint density at radius 3 is 2.66 bits per heavy atom. The monoisotopic (exact) mass is 389 g/mol. The van der Waals surface area contributed by atoms with Crippen molar-refractivity contribution in [3.63, 3.8) is 0 Å². The van der Waals surface area contributed by atoms with E-state index in [-0.39, 0.29) is 11.9 Å². The first-order valence-electron chi connectivity index (χ1n) is 9.47. The third-order valence-corrected chi connectivity index (χ3v) is 5.21. The molecule has 2 heterocycles. The molecule has 0 fully saturated rings. The molecule has 29 heavy (non-hydrogen) atoms. The third-order valence-electron chi connectivity index (χ3n) is 5.21. The van der Waals surface area contributed by atoms with Crippen LogP contribution in [0.2, 0.25) is 0 Å². The average molecular weight is 389 g/mol. The van der Waals surface area contributed by atoms with Gasteiger partial charge >= 0.3 is 0 Å². The predicted octanol–water partition coefficient (Wildman–Crippen LogP) is 4.73. The molecule has 0 saturated heterocycles. The van der Waals surface area contributed by atoms with Crippen LogP contribution in [0.5, 0.6) is 5.75 Å². The van der Waals surface area contributed by atoms with E-state index in [0.29, 0.717) is 11.3 Å². The fraction of sp³-hybridized carbons (Fsp3) is 0.217. The summed E-state index contributed by atoms with van der Waals surface area (Å²) < 4.78 is 13.0. The summed E-state index contributed by atoms with van der Waals surface area (Å²) in [5.74, 6) is 0.788. The number of amides is 1. The Balaban J connectivity index is 1.58. The second-order valence-electron chi connectivity index (χ2n) is 7.05. The number of ether oxygens (including phenoxy) is 1. The van der Waals surface area contributed by atoms with Gasteiger partial charge in [0.15, 0.2) is 5.76 Å². The lowest BCUT2D eigenvalue weighted by Gasteiger charge is -2.13. The molecule has 0 aliphatic heterocycles. The Kier molecular flexibility index (Phi) is 4.84. The van der Waals surface area contributed by atoms with E-state index < -0.39 is 0 Å². The third kappa shape index (κ3) is 3.38. The molecule has 0 bridgehead atoms. The first kappa shape index (κ1) is 18.8. The lowest BCUT2D eigenvalue weighted by atomic mass is 10.1. The molecule has 148 valence electrons. The molecule has 0 radical (unpaired) electrons. The number of aryl methyl sites for hydroxylation is 1. The first-order chi connectivity index (χ1) is 14.0. The van der Waals surface area contributed by atoms with Crippen molar-refractivity contribution in [1.29, 1.82) is 0 Å². The van der Waals surface area contributed by atoms with Crippen LogP contribution in [-0.2, 0) is 0 Å². The van der Waals surface area contributed by atoms with Gasteiger partial charge in [0.2, 0.25) is 0 Å². The second-order valence-corrected chi connectivity index (χ2v) is 7.05. The van der Waals surface area contributed by atoms with Gasteiger partial charge in [0.05, 0.1) is 25.0 Å². The van der Waals surface area contributed by atoms with Crippen molar-refractivity contribution in [3.05, 3.63) is 77.3 Å². The van der Waals surface area contributed by atoms with Crippen molar-refractivity contribution in [2.75, 3.05) is 7.11 Å². The van der Waals surface area contributed by atoms with Gasteiger partial charge < -0.3 is 14.5 Å². The van der Waals surface area contributed by atoms with E-state index >= 15 is 0 Å². The van der Waals surface area contributed by atoms with Crippen LogP contribution in [0.4, 0.5) is 0 Å². The zero-order valence-electron chi connectivity index (χ0n) is 16.9. The summed E-state index contributed by atoms with van der Waals surface area (Å²) in [6, 6.07) is 15.2. The molecule has 1 N–H and O–H groups in total.